The molecule has 0 spiro atoms. The van der Waals surface area contributed by atoms with Crippen molar-refractivity contribution < 1.29 is 19.4 Å². The molecule has 1 atom stereocenters. The maximum Gasteiger partial charge on any atom is 0.332 e. The molecule has 172 valence electrons. The number of fused-ring (bicyclic) bond motifs is 1. The highest BCUT2D eigenvalue weighted by molar-refractivity contribution is 6.13. The van der Waals surface area contributed by atoms with Gasteiger partial charge in [-0.1, -0.05) is 66.2 Å². The Morgan fingerprint density at radius 2 is 1.82 bits per heavy atom. The Bertz CT molecular complexity index is 1340. The highest BCUT2D eigenvalue weighted by Gasteiger charge is 2.19. The first-order valence-corrected chi connectivity index (χ1v) is 10.9. The molecule has 0 aliphatic rings. The summed E-state index contributed by atoms with van der Waals surface area (Å²) in [5.41, 5.74) is 5.27. The Hall–Kier alpha value is -4.10. The molecule has 2 heterocycles. The van der Waals surface area contributed by atoms with Crippen LogP contribution in [-0.4, -0.2) is 37.7 Å². The van der Waals surface area contributed by atoms with Gasteiger partial charge in [0, 0.05) is 11.8 Å². The lowest BCUT2D eigenvalue weighted by Crippen LogP contribution is -2.19. The van der Waals surface area contributed by atoms with Crippen LogP contribution in [0.15, 0.2) is 72.9 Å². The largest absolute Gasteiger partial charge is 0.479 e. The first-order chi connectivity index (χ1) is 16.4. The van der Waals surface area contributed by atoms with Crippen LogP contribution in [0.5, 0.6) is 0 Å². The number of aromatic nitrogens is 3. The van der Waals surface area contributed by atoms with Crippen LogP contribution in [-0.2, 0) is 22.7 Å². The summed E-state index contributed by atoms with van der Waals surface area (Å²) in [6.45, 7) is 4.20. The van der Waals surface area contributed by atoms with Crippen LogP contribution in [0.4, 0.5) is 0 Å². The van der Waals surface area contributed by atoms with Gasteiger partial charge in [-0.25, -0.2) is 4.79 Å². The van der Waals surface area contributed by atoms with Crippen molar-refractivity contribution in [1.29, 1.82) is 0 Å². The Morgan fingerprint density at radius 3 is 2.53 bits per heavy atom. The molecule has 0 aliphatic heterocycles. The molecule has 4 aromatic rings. The average molecular weight is 456 g/mol. The van der Waals surface area contributed by atoms with E-state index in [0.29, 0.717) is 23.3 Å². The van der Waals surface area contributed by atoms with Crippen molar-refractivity contribution in [1.82, 2.24) is 14.8 Å². The van der Waals surface area contributed by atoms with E-state index in [9.17, 15) is 9.59 Å². The number of pyridine rings is 1. The summed E-state index contributed by atoms with van der Waals surface area (Å²) in [6.07, 6.45) is 4.76. The Balaban J connectivity index is 1.48. The van der Waals surface area contributed by atoms with Crippen LogP contribution in [0.2, 0.25) is 0 Å². The van der Waals surface area contributed by atoms with E-state index in [4.69, 9.17) is 9.84 Å². The number of hydrogen-bond acceptors (Lipinski definition) is 5. The summed E-state index contributed by atoms with van der Waals surface area (Å²) in [5.74, 6) is -1.13. The smallest absolute Gasteiger partial charge is 0.332 e. The topological polar surface area (TPSA) is 94.3 Å². The molecule has 34 heavy (non-hydrogen) atoms. The quantitative estimate of drug-likeness (QED) is 0.369. The van der Waals surface area contributed by atoms with Crippen molar-refractivity contribution >= 4 is 28.9 Å². The normalized spacial score (nSPS) is 12.3. The van der Waals surface area contributed by atoms with Crippen molar-refractivity contribution in [2.24, 2.45) is 0 Å². The van der Waals surface area contributed by atoms with Crippen molar-refractivity contribution in [2.75, 3.05) is 0 Å². The van der Waals surface area contributed by atoms with E-state index in [-0.39, 0.29) is 12.4 Å². The van der Waals surface area contributed by atoms with Crippen molar-refractivity contribution in [2.45, 2.75) is 33.1 Å². The van der Waals surface area contributed by atoms with E-state index in [1.807, 2.05) is 79.7 Å². The second kappa shape index (κ2) is 10.2. The molecule has 0 saturated heterocycles. The second-order valence-electron chi connectivity index (χ2n) is 8.03. The van der Waals surface area contributed by atoms with Crippen LogP contribution < -0.4 is 0 Å². The molecule has 2 aromatic heterocycles. The summed E-state index contributed by atoms with van der Waals surface area (Å²) in [4.78, 5) is 28.3. The van der Waals surface area contributed by atoms with Gasteiger partial charge >= 0.3 is 5.97 Å². The van der Waals surface area contributed by atoms with E-state index in [0.717, 1.165) is 22.2 Å². The molecular weight excluding hydrogens is 430 g/mol. The zero-order valence-electron chi connectivity index (χ0n) is 19.0. The van der Waals surface area contributed by atoms with Gasteiger partial charge in [-0.05, 0) is 37.1 Å². The molecule has 2 aromatic carbocycles. The summed E-state index contributed by atoms with van der Waals surface area (Å²) in [6, 6.07) is 18.9. The maximum absolute atomic E-state index is 13.1. The zero-order chi connectivity index (χ0) is 24.1. The number of aliphatic carboxylic acids is 1. The molecule has 0 amide bonds. The van der Waals surface area contributed by atoms with Crippen molar-refractivity contribution in [3.8, 4) is 0 Å². The maximum atomic E-state index is 13.1. The minimum Gasteiger partial charge on any atom is -0.479 e. The number of carboxylic acid groups (broad SMARTS) is 1. The predicted octanol–water partition coefficient (Wildman–Crippen LogP) is 4.67. The third-order valence-electron chi connectivity index (χ3n) is 5.45. The van der Waals surface area contributed by atoms with Gasteiger partial charge < -0.3 is 9.84 Å². The number of ketones is 1. The third-order valence-corrected chi connectivity index (χ3v) is 5.45. The number of nitrogens with zero attached hydrogens (tertiary/aromatic N) is 3. The van der Waals surface area contributed by atoms with Crippen LogP contribution >= 0.6 is 0 Å². The molecule has 0 bridgehead atoms. The van der Waals surface area contributed by atoms with Crippen molar-refractivity contribution in [3.63, 3.8) is 0 Å². The fourth-order valence-corrected chi connectivity index (χ4v) is 3.45. The van der Waals surface area contributed by atoms with Gasteiger partial charge in [-0.2, -0.15) is 5.10 Å². The lowest BCUT2D eigenvalue weighted by atomic mass is 10.1. The zero-order valence-corrected chi connectivity index (χ0v) is 19.0. The second-order valence-corrected chi connectivity index (χ2v) is 8.03. The average Bonchev–Trinajstić information content (AvgIpc) is 3.22. The number of hydrogen-bond donors (Lipinski definition) is 1. The molecule has 0 aliphatic carbocycles. The number of carboxylic acids is 1. The molecular formula is C27H25N3O4. The van der Waals surface area contributed by atoms with Crippen LogP contribution in [0.1, 0.15) is 39.7 Å². The van der Waals surface area contributed by atoms with Gasteiger partial charge in [0.1, 0.15) is 5.52 Å². The number of allylic oxidation sites excluding steroid dienone is 1. The molecule has 1 unspecified atom stereocenters. The van der Waals surface area contributed by atoms with E-state index in [1.165, 1.54) is 6.92 Å². The summed E-state index contributed by atoms with van der Waals surface area (Å²) in [7, 11) is 0. The van der Waals surface area contributed by atoms with Crippen LogP contribution in [0.3, 0.4) is 0 Å². The molecule has 7 nitrogen and oxygen atoms in total. The van der Waals surface area contributed by atoms with Crippen LogP contribution in [0, 0.1) is 6.92 Å². The van der Waals surface area contributed by atoms with E-state index < -0.39 is 12.1 Å². The standard InChI is InChI=1S/C27H25N3O4/c1-18-7-13-22(14-8-18)26(31)25-24-23(6-3-15-28-24)30(29-25)16-4-5-20-9-11-21(12-10-20)17-34-19(2)27(32)33/h3-15,19H,16-17H2,1-2H3,(H,32,33)/b5-4+. The summed E-state index contributed by atoms with van der Waals surface area (Å²) in [5, 5.41) is 13.5. The highest BCUT2D eigenvalue weighted by Crippen LogP contribution is 2.20. The minimum absolute atomic E-state index is 0.151. The van der Waals surface area contributed by atoms with Gasteiger partial charge in [-0.3, -0.25) is 14.5 Å². The number of rotatable bonds is 9. The predicted molar refractivity (Wildman–Crippen MR) is 130 cm³/mol. The molecule has 0 radical (unpaired) electrons. The molecule has 0 fully saturated rings. The van der Waals surface area contributed by atoms with Gasteiger partial charge in [0.25, 0.3) is 0 Å². The number of carbonyl (C=O) groups is 2. The lowest BCUT2D eigenvalue weighted by molar-refractivity contribution is -0.149. The third kappa shape index (κ3) is 5.27. The van der Waals surface area contributed by atoms with Gasteiger partial charge in [0.05, 0.1) is 18.7 Å². The molecule has 1 N–H and O–H groups in total. The number of aryl methyl sites for hydroxylation is 1. The molecule has 7 heteroatoms. The minimum atomic E-state index is -0.982. The fraction of sp³-hybridized carbons (Fsp3) is 0.185. The van der Waals surface area contributed by atoms with E-state index in [1.54, 1.807) is 10.9 Å². The summed E-state index contributed by atoms with van der Waals surface area (Å²) < 4.78 is 7.08. The Labute approximate surface area is 197 Å². The first-order valence-electron chi connectivity index (χ1n) is 10.9. The fourth-order valence-electron chi connectivity index (χ4n) is 3.45. The monoisotopic (exact) mass is 455 g/mol. The molecule has 4 rings (SSSR count). The Morgan fingerprint density at radius 1 is 1.09 bits per heavy atom. The lowest BCUT2D eigenvalue weighted by Gasteiger charge is -2.08. The van der Waals surface area contributed by atoms with Crippen molar-refractivity contribution in [3.05, 3.63) is 101 Å². The highest BCUT2D eigenvalue weighted by atomic mass is 16.5. The number of carbonyl (C=O) groups excluding carboxylic acids is 1. The van der Waals surface area contributed by atoms with Gasteiger partial charge in [-0.15, -0.1) is 0 Å². The molecule has 0 saturated carbocycles. The van der Waals surface area contributed by atoms with Gasteiger partial charge in [0.15, 0.2) is 11.8 Å². The number of benzene rings is 2. The number of ether oxygens (including phenoxy) is 1. The van der Waals surface area contributed by atoms with Gasteiger partial charge in [0.2, 0.25) is 5.78 Å². The first kappa shape index (κ1) is 23.1. The van der Waals surface area contributed by atoms with E-state index in [2.05, 4.69) is 10.1 Å². The summed E-state index contributed by atoms with van der Waals surface area (Å²) >= 11 is 0. The van der Waals surface area contributed by atoms with E-state index >= 15 is 0 Å². The Kier molecular flexibility index (Phi) is 6.94. The van der Waals surface area contributed by atoms with Crippen LogP contribution in [0.25, 0.3) is 17.1 Å². The SMILES string of the molecule is Cc1ccc(C(=O)c2nn(C/C=C/c3ccc(COC(C)C(=O)O)cc3)c3cccnc23)cc1.